The Morgan fingerprint density at radius 2 is 1.82 bits per heavy atom. The van der Waals surface area contributed by atoms with Gasteiger partial charge in [-0.15, -0.1) is 0 Å². The third-order valence-electron chi connectivity index (χ3n) is 6.13. The summed E-state index contributed by atoms with van der Waals surface area (Å²) in [6.45, 7) is 3.40. The van der Waals surface area contributed by atoms with Crippen LogP contribution in [0.25, 0.3) is 0 Å². The van der Waals surface area contributed by atoms with Gasteiger partial charge in [-0.3, -0.25) is 9.69 Å². The number of anilines is 1. The topological polar surface area (TPSA) is 48.5 Å². The van der Waals surface area contributed by atoms with Gasteiger partial charge in [0.1, 0.15) is 5.82 Å². The summed E-state index contributed by atoms with van der Waals surface area (Å²) in [5.41, 5.74) is -0.713. The summed E-state index contributed by atoms with van der Waals surface area (Å²) in [4.78, 5) is 20.9. The van der Waals surface area contributed by atoms with E-state index in [0.717, 1.165) is 77.0 Å². The van der Waals surface area contributed by atoms with Gasteiger partial charge in [-0.1, -0.05) is 0 Å². The van der Waals surface area contributed by atoms with Gasteiger partial charge >= 0.3 is 6.18 Å². The number of alkyl halides is 3. The lowest BCUT2D eigenvalue weighted by Crippen LogP contribution is -2.51. The molecule has 2 aliphatic heterocycles. The van der Waals surface area contributed by atoms with Crippen LogP contribution in [0.5, 0.6) is 0 Å². The van der Waals surface area contributed by atoms with E-state index in [9.17, 15) is 18.0 Å². The number of halogens is 3. The Morgan fingerprint density at radius 3 is 2.43 bits per heavy atom. The van der Waals surface area contributed by atoms with E-state index >= 15 is 0 Å². The summed E-state index contributed by atoms with van der Waals surface area (Å²) in [6.07, 6.45) is 2.67. The number of hydrogen-bond acceptors (Lipinski definition) is 4. The molecular formula is C20H27F3N4O. The number of pyridine rings is 1. The number of amides is 1. The van der Waals surface area contributed by atoms with Crippen LogP contribution in [0.4, 0.5) is 19.0 Å². The summed E-state index contributed by atoms with van der Waals surface area (Å²) in [6, 6.07) is 3.40. The van der Waals surface area contributed by atoms with E-state index in [0.29, 0.717) is 17.9 Å². The van der Waals surface area contributed by atoms with E-state index in [-0.39, 0.29) is 11.8 Å². The second kappa shape index (κ2) is 7.89. The summed E-state index contributed by atoms with van der Waals surface area (Å²) in [5, 5.41) is 3.13. The molecule has 0 bridgehead atoms. The highest BCUT2D eigenvalue weighted by molar-refractivity contribution is 5.79. The number of carbonyl (C=O) groups excluding carboxylic acids is 1. The Hall–Kier alpha value is -1.83. The standard InChI is InChI=1S/C20H27F3N4O/c21-20(22,23)15-3-6-18(24-12-15)26-10-7-17(8-11-26)27-9-1-2-14(13-27)19(28)25-16-4-5-16/h3,6,12,14,16-17H,1-2,4-5,7-11,13H2,(H,25,28)/t14-/m0/s1. The molecule has 0 aromatic carbocycles. The van der Waals surface area contributed by atoms with Crippen LogP contribution in [0.3, 0.4) is 0 Å². The molecule has 1 saturated carbocycles. The molecule has 5 nitrogen and oxygen atoms in total. The van der Waals surface area contributed by atoms with Crippen LogP contribution in [-0.4, -0.2) is 54.1 Å². The summed E-state index contributed by atoms with van der Waals surface area (Å²) >= 11 is 0. The third kappa shape index (κ3) is 4.59. The lowest BCUT2D eigenvalue weighted by atomic mass is 9.93. The Labute approximate surface area is 163 Å². The molecule has 1 amide bonds. The maximum absolute atomic E-state index is 12.7. The van der Waals surface area contributed by atoms with Gasteiger partial charge in [0.05, 0.1) is 11.5 Å². The van der Waals surface area contributed by atoms with Gasteiger partial charge in [-0.25, -0.2) is 4.98 Å². The molecule has 3 aliphatic rings. The Kier molecular flexibility index (Phi) is 5.49. The van der Waals surface area contributed by atoms with Gasteiger partial charge < -0.3 is 10.2 Å². The zero-order chi connectivity index (χ0) is 19.7. The van der Waals surface area contributed by atoms with Gasteiger partial charge in [-0.2, -0.15) is 13.2 Å². The molecule has 4 rings (SSSR count). The molecule has 0 spiro atoms. The first kappa shape index (κ1) is 19.5. The number of likely N-dealkylation sites (tertiary alicyclic amines) is 1. The van der Waals surface area contributed by atoms with Gasteiger partial charge in [0.2, 0.25) is 5.91 Å². The SMILES string of the molecule is O=C(NC1CC1)[C@H]1CCCN(C2CCN(c3ccc(C(F)(F)F)cn3)CC2)C1. The maximum Gasteiger partial charge on any atom is 0.417 e. The van der Waals surface area contributed by atoms with Crippen molar-refractivity contribution in [2.45, 2.75) is 56.8 Å². The fourth-order valence-corrected chi connectivity index (χ4v) is 4.30. The van der Waals surface area contributed by atoms with Gasteiger partial charge in [0.15, 0.2) is 0 Å². The van der Waals surface area contributed by atoms with Crippen molar-refractivity contribution in [3.05, 3.63) is 23.9 Å². The highest BCUT2D eigenvalue weighted by atomic mass is 19.4. The summed E-state index contributed by atoms with van der Waals surface area (Å²) < 4.78 is 38.1. The predicted octanol–water partition coefficient (Wildman–Crippen LogP) is 3.06. The highest BCUT2D eigenvalue weighted by Crippen LogP contribution is 2.31. The number of nitrogens with zero attached hydrogens (tertiary/aromatic N) is 3. The Morgan fingerprint density at radius 1 is 1.07 bits per heavy atom. The van der Waals surface area contributed by atoms with Crippen LogP contribution in [0.1, 0.15) is 44.1 Å². The van der Waals surface area contributed by atoms with Crippen molar-refractivity contribution in [1.82, 2.24) is 15.2 Å². The largest absolute Gasteiger partial charge is 0.417 e. The predicted molar refractivity (Wildman–Crippen MR) is 99.9 cm³/mol. The minimum atomic E-state index is -4.35. The Bertz CT molecular complexity index is 682. The van der Waals surface area contributed by atoms with Crippen LogP contribution < -0.4 is 10.2 Å². The van der Waals surface area contributed by atoms with Crippen molar-refractivity contribution in [1.29, 1.82) is 0 Å². The van der Waals surface area contributed by atoms with E-state index in [4.69, 9.17) is 0 Å². The fraction of sp³-hybridized carbons (Fsp3) is 0.700. The number of carbonyl (C=O) groups is 1. The molecule has 0 unspecified atom stereocenters. The van der Waals surface area contributed by atoms with E-state index in [2.05, 4.69) is 20.1 Å². The van der Waals surface area contributed by atoms with Crippen molar-refractivity contribution in [3.63, 3.8) is 0 Å². The number of nitrogens with one attached hydrogen (secondary N) is 1. The molecule has 1 aromatic rings. The fourth-order valence-electron chi connectivity index (χ4n) is 4.30. The average Bonchev–Trinajstić information content (AvgIpc) is 3.52. The molecule has 1 N–H and O–H groups in total. The first-order valence-electron chi connectivity index (χ1n) is 10.2. The molecule has 28 heavy (non-hydrogen) atoms. The van der Waals surface area contributed by atoms with Crippen molar-refractivity contribution in [2.75, 3.05) is 31.1 Å². The molecule has 2 saturated heterocycles. The molecule has 3 fully saturated rings. The molecular weight excluding hydrogens is 369 g/mol. The third-order valence-corrected chi connectivity index (χ3v) is 6.13. The van der Waals surface area contributed by atoms with Gasteiger partial charge in [0.25, 0.3) is 0 Å². The second-order valence-corrected chi connectivity index (χ2v) is 8.24. The van der Waals surface area contributed by atoms with Crippen molar-refractivity contribution < 1.29 is 18.0 Å². The minimum Gasteiger partial charge on any atom is -0.357 e. The first-order chi connectivity index (χ1) is 13.4. The smallest absolute Gasteiger partial charge is 0.357 e. The van der Waals surface area contributed by atoms with E-state index in [1.807, 2.05) is 0 Å². The monoisotopic (exact) mass is 396 g/mol. The average molecular weight is 396 g/mol. The van der Waals surface area contributed by atoms with Crippen LogP contribution >= 0.6 is 0 Å². The summed E-state index contributed by atoms with van der Waals surface area (Å²) in [7, 11) is 0. The van der Waals surface area contributed by atoms with Crippen LogP contribution in [0, 0.1) is 5.92 Å². The maximum atomic E-state index is 12.7. The molecule has 0 radical (unpaired) electrons. The highest BCUT2D eigenvalue weighted by Gasteiger charge is 2.34. The molecule has 1 aromatic heterocycles. The number of aromatic nitrogens is 1. The van der Waals surface area contributed by atoms with Crippen LogP contribution in [0.2, 0.25) is 0 Å². The molecule has 1 aliphatic carbocycles. The minimum absolute atomic E-state index is 0.0870. The van der Waals surface area contributed by atoms with E-state index in [1.165, 1.54) is 6.07 Å². The second-order valence-electron chi connectivity index (χ2n) is 8.24. The van der Waals surface area contributed by atoms with Gasteiger partial charge in [-0.05, 0) is 57.2 Å². The molecule has 1 atom stereocenters. The number of piperidine rings is 2. The zero-order valence-electron chi connectivity index (χ0n) is 15.9. The zero-order valence-corrected chi connectivity index (χ0v) is 15.9. The molecule has 3 heterocycles. The van der Waals surface area contributed by atoms with Crippen LogP contribution in [-0.2, 0) is 11.0 Å². The number of hydrogen-bond donors (Lipinski definition) is 1. The van der Waals surface area contributed by atoms with Gasteiger partial charge in [0, 0.05) is 37.9 Å². The first-order valence-corrected chi connectivity index (χ1v) is 10.2. The van der Waals surface area contributed by atoms with Crippen molar-refractivity contribution in [3.8, 4) is 0 Å². The lowest BCUT2D eigenvalue weighted by molar-refractivity contribution is -0.137. The lowest BCUT2D eigenvalue weighted by Gasteiger charge is -2.42. The molecule has 154 valence electrons. The normalized spacial score (nSPS) is 25.0. The quantitative estimate of drug-likeness (QED) is 0.850. The van der Waals surface area contributed by atoms with E-state index in [1.54, 1.807) is 0 Å². The summed E-state index contributed by atoms with van der Waals surface area (Å²) in [5.74, 6) is 0.898. The van der Waals surface area contributed by atoms with Crippen molar-refractivity contribution in [2.24, 2.45) is 5.92 Å². The van der Waals surface area contributed by atoms with Crippen molar-refractivity contribution >= 4 is 11.7 Å². The Balaban J connectivity index is 1.29. The van der Waals surface area contributed by atoms with E-state index < -0.39 is 11.7 Å². The number of rotatable bonds is 4. The van der Waals surface area contributed by atoms with Crippen LogP contribution in [0.15, 0.2) is 18.3 Å². The molecule has 8 heteroatoms.